The number of methoxy groups -OCH3 is 3. The van der Waals surface area contributed by atoms with Crippen LogP contribution in [0.15, 0.2) is 46.2 Å². The molecule has 0 aliphatic carbocycles. The maximum atomic E-state index is 13.2. The molecule has 0 saturated carbocycles. The van der Waals surface area contributed by atoms with E-state index >= 15 is 0 Å². The fourth-order valence-corrected chi connectivity index (χ4v) is 6.82. The number of ether oxygens (including phenoxy) is 3. The van der Waals surface area contributed by atoms with E-state index in [9.17, 15) is 21.6 Å². The normalized spacial score (nSPS) is 15.8. The Balaban J connectivity index is 1.81. The fraction of sp³-hybridized carbons (Fsp3) is 0.381. The van der Waals surface area contributed by atoms with Crippen molar-refractivity contribution in [3.63, 3.8) is 0 Å². The Morgan fingerprint density at radius 3 is 1.85 bits per heavy atom. The molecule has 2 aromatic carbocycles. The van der Waals surface area contributed by atoms with E-state index in [0.717, 1.165) is 0 Å². The lowest BCUT2D eigenvalue weighted by atomic mass is 10.1. The van der Waals surface area contributed by atoms with Crippen LogP contribution in [0, 0.1) is 6.92 Å². The van der Waals surface area contributed by atoms with E-state index in [2.05, 4.69) is 4.74 Å². The molecule has 0 spiro atoms. The predicted molar refractivity (Wildman–Crippen MR) is 120 cm³/mol. The van der Waals surface area contributed by atoms with Gasteiger partial charge in [0, 0.05) is 32.2 Å². The summed E-state index contributed by atoms with van der Waals surface area (Å²) >= 11 is 0. The number of hydrogen-bond acceptors (Lipinski definition) is 8. The first-order valence-corrected chi connectivity index (χ1v) is 12.9. The van der Waals surface area contributed by atoms with Crippen LogP contribution in [0.2, 0.25) is 0 Å². The zero-order valence-corrected chi connectivity index (χ0v) is 20.4. The summed E-state index contributed by atoms with van der Waals surface area (Å²) in [6, 6.07) is 8.68. The van der Waals surface area contributed by atoms with Gasteiger partial charge in [0.25, 0.3) is 0 Å². The second-order valence-electron chi connectivity index (χ2n) is 7.30. The molecule has 33 heavy (non-hydrogen) atoms. The highest BCUT2D eigenvalue weighted by Gasteiger charge is 2.35. The van der Waals surface area contributed by atoms with Gasteiger partial charge in [-0.1, -0.05) is 0 Å². The zero-order valence-electron chi connectivity index (χ0n) is 18.8. The average molecular weight is 499 g/mol. The number of carbonyl (C=O) groups is 1. The Hall–Kier alpha value is -2.67. The summed E-state index contributed by atoms with van der Waals surface area (Å²) in [6.45, 7) is 1.50. The maximum absolute atomic E-state index is 13.2. The van der Waals surface area contributed by atoms with Crippen molar-refractivity contribution < 1.29 is 35.8 Å². The summed E-state index contributed by atoms with van der Waals surface area (Å²) in [6.07, 6.45) is 0. The standard InChI is InChI=1S/C21H26N2O8S2/c1-15-13-16(21(24)31-4)5-8-19(15)32(25,26)22-9-11-23(12-10-22)33(27,28)20-14-17(29-2)6-7-18(20)30-3/h5-8,13-14H,9-12H2,1-4H3. The van der Waals surface area contributed by atoms with Crippen LogP contribution in [0.3, 0.4) is 0 Å². The van der Waals surface area contributed by atoms with Crippen molar-refractivity contribution in [1.29, 1.82) is 0 Å². The van der Waals surface area contributed by atoms with Crippen LogP contribution in [-0.4, -0.2) is 78.9 Å². The van der Waals surface area contributed by atoms with Crippen molar-refractivity contribution in [3.05, 3.63) is 47.5 Å². The lowest BCUT2D eigenvalue weighted by molar-refractivity contribution is 0.0600. The molecular formula is C21H26N2O8S2. The number of benzene rings is 2. The van der Waals surface area contributed by atoms with Gasteiger partial charge in [-0.25, -0.2) is 21.6 Å². The molecule has 1 aliphatic rings. The molecule has 0 amide bonds. The van der Waals surface area contributed by atoms with Gasteiger partial charge in [0.05, 0.1) is 31.8 Å². The van der Waals surface area contributed by atoms with E-state index in [1.54, 1.807) is 13.0 Å². The van der Waals surface area contributed by atoms with Crippen LogP contribution < -0.4 is 9.47 Å². The highest BCUT2D eigenvalue weighted by molar-refractivity contribution is 7.89. The SMILES string of the molecule is COC(=O)c1ccc(S(=O)(=O)N2CCN(S(=O)(=O)c3cc(OC)ccc3OC)CC2)c(C)c1. The van der Waals surface area contributed by atoms with E-state index in [4.69, 9.17) is 9.47 Å². The first-order chi connectivity index (χ1) is 15.6. The van der Waals surface area contributed by atoms with Crippen LogP contribution >= 0.6 is 0 Å². The summed E-state index contributed by atoms with van der Waals surface area (Å²) in [5, 5.41) is 0. The summed E-state index contributed by atoms with van der Waals surface area (Å²) < 4.78 is 70.3. The van der Waals surface area contributed by atoms with Crippen molar-refractivity contribution in [3.8, 4) is 11.5 Å². The van der Waals surface area contributed by atoms with Gasteiger partial charge in [0.15, 0.2) is 0 Å². The molecule has 0 radical (unpaired) electrons. The third-order valence-electron chi connectivity index (χ3n) is 5.40. The molecule has 3 rings (SSSR count). The minimum atomic E-state index is -3.94. The number of aryl methyl sites for hydroxylation is 1. The van der Waals surface area contributed by atoms with Gasteiger partial charge >= 0.3 is 5.97 Å². The van der Waals surface area contributed by atoms with Crippen molar-refractivity contribution in [2.24, 2.45) is 0 Å². The Morgan fingerprint density at radius 1 is 0.788 bits per heavy atom. The predicted octanol–water partition coefficient (Wildman–Crippen LogP) is 1.49. The van der Waals surface area contributed by atoms with E-state index in [-0.39, 0.29) is 47.3 Å². The number of hydrogen-bond donors (Lipinski definition) is 0. The molecule has 1 aliphatic heterocycles. The monoisotopic (exact) mass is 498 g/mol. The number of piperazine rings is 1. The Morgan fingerprint density at radius 2 is 1.36 bits per heavy atom. The van der Waals surface area contributed by atoms with Gasteiger partial charge in [0.1, 0.15) is 16.4 Å². The smallest absolute Gasteiger partial charge is 0.337 e. The first kappa shape index (κ1) is 25.0. The second kappa shape index (κ2) is 9.67. The number of sulfonamides is 2. The van der Waals surface area contributed by atoms with E-state index in [1.165, 1.54) is 60.3 Å². The van der Waals surface area contributed by atoms with Crippen LogP contribution in [0.1, 0.15) is 15.9 Å². The molecule has 1 saturated heterocycles. The third-order valence-corrected chi connectivity index (χ3v) is 9.38. The number of esters is 1. The highest BCUT2D eigenvalue weighted by atomic mass is 32.2. The van der Waals surface area contributed by atoms with E-state index < -0.39 is 26.0 Å². The molecule has 180 valence electrons. The highest BCUT2D eigenvalue weighted by Crippen LogP contribution is 2.31. The number of nitrogens with zero attached hydrogens (tertiary/aromatic N) is 2. The Bertz CT molecular complexity index is 1250. The minimum Gasteiger partial charge on any atom is -0.497 e. The van der Waals surface area contributed by atoms with E-state index in [0.29, 0.717) is 11.3 Å². The molecule has 12 heteroatoms. The Kier molecular flexibility index (Phi) is 7.32. The van der Waals surface area contributed by atoms with Crippen molar-refractivity contribution in [1.82, 2.24) is 8.61 Å². The van der Waals surface area contributed by atoms with Crippen LogP contribution in [0.5, 0.6) is 11.5 Å². The first-order valence-electron chi connectivity index (χ1n) is 9.97. The Labute approximate surface area is 193 Å². The molecule has 0 atom stereocenters. The summed E-state index contributed by atoms with van der Waals surface area (Å²) in [5.74, 6) is -0.0255. The van der Waals surface area contributed by atoms with Crippen molar-refractivity contribution in [2.75, 3.05) is 47.5 Å². The molecule has 0 unspecified atom stereocenters. The summed E-state index contributed by atoms with van der Waals surface area (Å²) in [7, 11) is -3.77. The van der Waals surface area contributed by atoms with Gasteiger partial charge < -0.3 is 14.2 Å². The zero-order chi connectivity index (χ0) is 24.4. The molecular weight excluding hydrogens is 472 g/mol. The lowest BCUT2D eigenvalue weighted by Crippen LogP contribution is -2.50. The fourth-order valence-electron chi connectivity index (χ4n) is 3.60. The quantitative estimate of drug-likeness (QED) is 0.527. The lowest BCUT2D eigenvalue weighted by Gasteiger charge is -2.33. The van der Waals surface area contributed by atoms with Gasteiger partial charge in [-0.15, -0.1) is 0 Å². The molecule has 1 heterocycles. The molecule has 1 fully saturated rings. The summed E-state index contributed by atoms with van der Waals surface area (Å²) in [5.41, 5.74) is 0.645. The third kappa shape index (κ3) is 4.83. The van der Waals surface area contributed by atoms with Gasteiger partial charge in [-0.3, -0.25) is 0 Å². The van der Waals surface area contributed by atoms with Gasteiger partial charge in [-0.2, -0.15) is 8.61 Å². The van der Waals surface area contributed by atoms with Crippen molar-refractivity contribution >= 4 is 26.0 Å². The topological polar surface area (TPSA) is 120 Å². The van der Waals surface area contributed by atoms with Gasteiger partial charge in [0.2, 0.25) is 20.0 Å². The average Bonchev–Trinajstić information content (AvgIpc) is 2.82. The minimum absolute atomic E-state index is 0.0218. The van der Waals surface area contributed by atoms with Crippen LogP contribution in [-0.2, 0) is 24.8 Å². The molecule has 0 aromatic heterocycles. The second-order valence-corrected chi connectivity index (χ2v) is 11.1. The largest absolute Gasteiger partial charge is 0.497 e. The maximum Gasteiger partial charge on any atom is 0.337 e. The number of rotatable bonds is 7. The van der Waals surface area contributed by atoms with Crippen LogP contribution in [0.4, 0.5) is 0 Å². The van der Waals surface area contributed by atoms with E-state index in [1.807, 2.05) is 0 Å². The summed E-state index contributed by atoms with van der Waals surface area (Å²) in [4.78, 5) is 11.7. The van der Waals surface area contributed by atoms with Crippen LogP contribution in [0.25, 0.3) is 0 Å². The molecule has 10 nitrogen and oxygen atoms in total. The van der Waals surface area contributed by atoms with Gasteiger partial charge in [-0.05, 0) is 42.8 Å². The molecule has 0 N–H and O–H groups in total. The van der Waals surface area contributed by atoms with Crippen molar-refractivity contribution in [2.45, 2.75) is 16.7 Å². The molecule has 2 aromatic rings. The number of carbonyl (C=O) groups excluding carboxylic acids is 1. The molecule has 0 bridgehead atoms.